The molecule has 1 fully saturated rings. The smallest absolute Gasteiger partial charge is 0.293 e. The molecule has 8 heteroatoms. The Labute approximate surface area is 180 Å². The van der Waals surface area contributed by atoms with E-state index in [-0.39, 0.29) is 11.7 Å². The maximum Gasteiger partial charge on any atom is 0.293 e. The lowest BCUT2D eigenvalue weighted by Gasteiger charge is -2.31. The first kappa shape index (κ1) is 20.4. The Hall–Kier alpha value is -2.90. The van der Waals surface area contributed by atoms with Gasteiger partial charge in [0.1, 0.15) is 5.82 Å². The van der Waals surface area contributed by atoms with Crippen LogP contribution in [0.1, 0.15) is 22.0 Å². The van der Waals surface area contributed by atoms with Gasteiger partial charge < -0.3 is 14.5 Å². The zero-order valence-corrected chi connectivity index (χ0v) is 17.8. The Morgan fingerprint density at radius 3 is 2.57 bits per heavy atom. The number of carbonyl (C=O) groups excluding carboxylic acids is 1. The van der Waals surface area contributed by atoms with Crippen LogP contribution in [0.2, 0.25) is 5.02 Å². The number of morpholine rings is 1. The zero-order valence-electron chi connectivity index (χ0n) is 17.1. The number of hydrogen-bond acceptors (Lipinski definition) is 5. The van der Waals surface area contributed by atoms with Gasteiger partial charge in [0.2, 0.25) is 5.82 Å². The van der Waals surface area contributed by atoms with Gasteiger partial charge in [-0.1, -0.05) is 29.8 Å². The largest absolute Gasteiger partial charge is 0.378 e. The lowest BCUT2D eigenvalue weighted by atomic mass is 10.1. The zero-order chi connectivity index (χ0) is 21.1. The van der Waals surface area contributed by atoms with Gasteiger partial charge in [-0.2, -0.15) is 0 Å². The average molecular weight is 426 g/mol. The van der Waals surface area contributed by atoms with Crippen LogP contribution < -0.4 is 4.90 Å². The van der Waals surface area contributed by atoms with Crippen molar-refractivity contribution in [3.05, 3.63) is 70.8 Å². The van der Waals surface area contributed by atoms with E-state index in [1.807, 2.05) is 31.2 Å². The molecule has 0 saturated carbocycles. The van der Waals surface area contributed by atoms with Crippen LogP contribution in [0.3, 0.4) is 0 Å². The summed E-state index contributed by atoms with van der Waals surface area (Å²) in [5.41, 5.74) is 3.03. The maximum atomic E-state index is 13.0. The van der Waals surface area contributed by atoms with E-state index in [0.717, 1.165) is 30.0 Å². The first-order chi connectivity index (χ1) is 14.5. The summed E-state index contributed by atoms with van der Waals surface area (Å²) in [5, 5.41) is 5.07. The highest BCUT2D eigenvalue weighted by molar-refractivity contribution is 6.30. The molecule has 2 heterocycles. The van der Waals surface area contributed by atoms with Gasteiger partial charge in [0, 0.05) is 37.4 Å². The number of aromatic nitrogens is 3. The molecule has 3 aromatic rings. The second-order valence-corrected chi connectivity index (χ2v) is 7.70. The first-order valence-electron chi connectivity index (χ1n) is 9.88. The minimum atomic E-state index is -0.220. The van der Waals surface area contributed by atoms with Crippen LogP contribution in [0.25, 0.3) is 5.69 Å². The van der Waals surface area contributed by atoms with E-state index < -0.39 is 0 Å². The number of amides is 1. The summed E-state index contributed by atoms with van der Waals surface area (Å²) >= 11 is 5.97. The molecular weight excluding hydrogens is 402 g/mol. The number of benzene rings is 2. The van der Waals surface area contributed by atoms with Gasteiger partial charge >= 0.3 is 0 Å². The van der Waals surface area contributed by atoms with Crippen LogP contribution in [0.4, 0.5) is 5.69 Å². The fraction of sp³-hybridized carbons (Fsp3) is 0.318. The molecule has 7 nitrogen and oxygen atoms in total. The van der Waals surface area contributed by atoms with Crippen LogP contribution in [0.15, 0.2) is 48.5 Å². The van der Waals surface area contributed by atoms with E-state index >= 15 is 0 Å². The minimum Gasteiger partial charge on any atom is -0.378 e. The van der Waals surface area contributed by atoms with Crippen LogP contribution in [0.5, 0.6) is 0 Å². The summed E-state index contributed by atoms with van der Waals surface area (Å²) in [6.07, 6.45) is 0. The second kappa shape index (κ2) is 8.85. The van der Waals surface area contributed by atoms with E-state index in [4.69, 9.17) is 16.3 Å². The van der Waals surface area contributed by atoms with Crippen molar-refractivity contribution in [3.63, 3.8) is 0 Å². The number of carbonyl (C=O) groups is 1. The quantitative estimate of drug-likeness (QED) is 0.627. The molecule has 30 heavy (non-hydrogen) atoms. The molecule has 1 saturated heterocycles. The van der Waals surface area contributed by atoms with Gasteiger partial charge in [-0.15, -0.1) is 5.10 Å². The van der Waals surface area contributed by atoms with Gasteiger partial charge in [0.05, 0.1) is 18.9 Å². The summed E-state index contributed by atoms with van der Waals surface area (Å²) in [6, 6.07) is 15.4. The van der Waals surface area contributed by atoms with Crippen molar-refractivity contribution in [2.45, 2.75) is 13.5 Å². The standard InChI is InChI=1S/C22H24ClN5O2/c1-16-24-21(25-28(16)19-9-7-18(23)8-10-19)22(29)26(2)15-17-5-3-4-6-20(17)27-11-13-30-14-12-27/h3-10H,11-15H2,1-2H3. The topological polar surface area (TPSA) is 63.5 Å². The van der Waals surface area contributed by atoms with Crippen molar-refractivity contribution in [2.24, 2.45) is 0 Å². The van der Waals surface area contributed by atoms with Crippen LogP contribution in [-0.4, -0.2) is 58.9 Å². The number of rotatable bonds is 5. The summed E-state index contributed by atoms with van der Waals surface area (Å²) < 4.78 is 7.11. The molecule has 0 spiro atoms. The molecule has 1 aliphatic heterocycles. The highest BCUT2D eigenvalue weighted by atomic mass is 35.5. The van der Waals surface area contributed by atoms with E-state index in [1.54, 1.807) is 28.8 Å². The Bertz CT molecular complexity index is 1030. The number of hydrogen-bond donors (Lipinski definition) is 0. The van der Waals surface area contributed by atoms with Crippen molar-refractivity contribution in [3.8, 4) is 5.69 Å². The second-order valence-electron chi connectivity index (χ2n) is 7.26. The maximum absolute atomic E-state index is 13.0. The molecule has 1 aromatic heterocycles. The van der Waals surface area contributed by atoms with Crippen molar-refractivity contribution >= 4 is 23.2 Å². The van der Waals surface area contributed by atoms with Crippen LogP contribution in [-0.2, 0) is 11.3 Å². The third kappa shape index (κ3) is 4.32. The molecule has 156 valence electrons. The first-order valence-corrected chi connectivity index (χ1v) is 10.3. The van der Waals surface area contributed by atoms with Crippen LogP contribution >= 0.6 is 11.6 Å². The predicted molar refractivity (Wildman–Crippen MR) is 116 cm³/mol. The van der Waals surface area contributed by atoms with Crippen molar-refractivity contribution in [2.75, 3.05) is 38.3 Å². The number of anilines is 1. The van der Waals surface area contributed by atoms with Crippen molar-refractivity contribution in [1.82, 2.24) is 19.7 Å². The van der Waals surface area contributed by atoms with Gasteiger partial charge in [-0.3, -0.25) is 4.79 Å². The normalized spacial score (nSPS) is 14.0. The Kier molecular flexibility index (Phi) is 6.01. The number of nitrogens with zero attached hydrogens (tertiary/aromatic N) is 5. The fourth-order valence-corrected chi connectivity index (χ4v) is 3.69. The summed E-state index contributed by atoms with van der Waals surface area (Å²) in [4.78, 5) is 21.4. The van der Waals surface area contributed by atoms with E-state index in [2.05, 4.69) is 27.1 Å². The molecule has 4 rings (SSSR count). The number of halogens is 1. The fourth-order valence-electron chi connectivity index (χ4n) is 3.56. The number of para-hydroxylation sites is 1. The molecule has 0 N–H and O–H groups in total. The molecule has 1 amide bonds. The Morgan fingerprint density at radius 2 is 1.83 bits per heavy atom. The van der Waals surface area contributed by atoms with E-state index in [0.29, 0.717) is 30.6 Å². The summed E-state index contributed by atoms with van der Waals surface area (Å²) in [6.45, 7) is 5.43. The van der Waals surface area contributed by atoms with E-state index in [1.165, 1.54) is 0 Å². The molecule has 0 atom stereocenters. The summed E-state index contributed by atoms with van der Waals surface area (Å²) in [7, 11) is 1.77. The number of ether oxygens (including phenoxy) is 1. The molecule has 2 aromatic carbocycles. The predicted octanol–water partition coefficient (Wildman–Crippen LogP) is 3.34. The molecule has 0 radical (unpaired) electrons. The van der Waals surface area contributed by atoms with Gasteiger partial charge in [-0.25, -0.2) is 9.67 Å². The average Bonchev–Trinajstić information content (AvgIpc) is 3.16. The highest BCUT2D eigenvalue weighted by Gasteiger charge is 2.21. The lowest BCUT2D eigenvalue weighted by molar-refractivity contribution is 0.0772. The molecule has 0 aliphatic carbocycles. The van der Waals surface area contributed by atoms with Crippen molar-refractivity contribution < 1.29 is 9.53 Å². The van der Waals surface area contributed by atoms with E-state index in [9.17, 15) is 4.79 Å². The molecule has 1 aliphatic rings. The lowest BCUT2D eigenvalue weighted by Crippen LogP contribution is -2.37. The van der Waals surface area contributed by atoms with Crippen molar-refractivity contribution in [1.29, 1.82) is 0 Å². The summed E-state index contributed by atoms with van der Waals surface area (Å²) in [5.74, 6) is 0.596. The Morgan fingerprint density at radius 1 is 1.13 bits per heavy atom. The van der Waals surface area contributed by atoms with Gasteiger partial charge in [0.25, 0.3) is 5.91 Å². The van der Waals surface area contributed by atoms with Gasteiger partial charge in [0.15, 0.2) is 0 Å². The Balaban J connectivity index is 1.52. The molecular formula is C22H24ClN5O2. The van der Waals surface area contributed by atoms with Crippen LogP contribution in [0, 0.1) is 6.92 Å². The third-order valence-corrected chi connectivity index (χ3v) is 5.38. The van der Waals surface area contributed by atoms with Gasteiger partial charge in [-0.05, 0) is 42.8 Å². The molecule has 0 unspecified atom stereocenters. The molecule has 0 bridgehead atoms. The third-order valence-electron chi connectivity index (χ3n) is 5.13. The highest BCUT2D eigenvalue weighted by Crippen LogP contribution is 2.23. The SMILES string of the molecule is Cc1nc(C(=O)N(C)Cc2ccccc2N2CCOCC2)nn1-c1ccc(Cl)cc1. The number of aryl methyl sites for hydroxylation is 1. The minimum absolute atomic E-state index is 0.175. The monoisotopic (exact) mass is 425 g/mol.